The van der Waals surface area contributed by atoms with Crippen LogP contribution in [-0.4, -0.2) is 26.2 Å². The number of hydrogen-bond acceptors (Lipinski definition) is 2. The molecule has 0 aliphatic carbocycles. The number of ether oxygens (including phenoxy) is 1. The third-order valence-corrected chi connectivity index (χ3v) is 3.36. The SMILES string of the molecule is CN=C(NCCOc1ccc(C)cc1)NCc1cc(F)ccc1F.I. The van der Waals surface area contributed by atoms with Gasteiger partial charge in [-0.1, -0.05) is 17.7 Å². The number of aliphatic imine (C=N–C) groups is 1. The smallest absolute Gasteiger partial charge is 0.191 e. The van der Waals surface area contributed by atoms with Gasteiger partial charge in [-0.05, 0) is 37.3 Å². The normalized spacial score (nSPS) is 10.8. The second kappa shape index (κ2) is 10.9. The first kappa shape index (κ1) is 21.1. The van der Waals surface area contributed by atoms with Crippen molar-refractivity contribution in [2.24, 2.45) is 4.99 Å². The van der Waals surface area contributed by atoms with Crippen molar-refractivity contribution < 1.29 is 13.5 Å². The highest BCUT2D eigenvalue weighted by atomic mass is 127. The zero-order valence-corrected chi connectivity index (χ0v) is 16.5. The lowest BCUT2D eigenvalue weighted by Gasteiger charge is -2.13. The predicted octanol–water partition coefficient (Wildman–Crippen LogP) is 3.64. The van der Waals surface area contributed by atoms with E-state index in [2.05, 4.69) is 15.6 Å². The van der Waals surface area contributed by atoms with Gasteiger partial charge in [-0.3, -0.25) is 4.99 Å². The van der Waals surface area contributed by atoms with Crippen LogP contribution in [0, 0.1) is 18.6 Å². The lowest BCUT2D eigenvalue weighted by atomic mass is 10.2. The molecule has 4 nitrogen and oxygen atoms in total. The van der Waals surface area contributed by atoms with Crippen molar-refractivity contribution in [3.8, 4) is 5.75 Å². The Morgan fingerprint density at radius 1 is 1.08 bits per heavy atom. The fourth-order valence-corrected chi connectivity index (χ4v) is 2.05. The number of guanidine groups is 1. The molecule has 2 rings (SSSR count). The highest BCUT2D eigenvalue weighted by molar-refractivity contribution is 14.0. The summed E-state index contributed by atoms with van der Waals surface area (Å²) in [7, 11) is 1.61. The molecule has 0 unspecified atom stereocenters. The second-order valence-corrected chi connectivity index (χ2v) is 5.25. The number of nitrogens with zero attached hydrogens (tertiary/aromatic N) is 1. The van der Waals surface area contributed by atoms with Gasteiger partial charge in [0, 0.05) is 19.2 Å². The molecule has 0 atom stereocenters. The maximum atomic E-state index is 13.6. The Balaban J connectivity index is 0.00000312. The van der Waals surface area contributed by atoms with Gasteiger partial charge in [-0.2, -0.15) is 0 Å². The Morgan fingerprint density at radius 2 is 1.80 bits per heavy atom. The number of nitrogens with one attached hydrogen (secondary N) is 2. The van der Waals surface area contributed by atoms with E-state index in [0.717, 1.165) is 23.9 Å². The van der Waals surface area contributed by atoms with E-state index >= 15 is 0 Å². The van der Waals surface area contributed by atoms with Gasteiger partial charge in [-0.25, -0.2) is 8.78 Å². The van der Waals surface area contributed by atoms with Crippen molar-refractivity contribution in [3.63, 3.8) is 0 Å². The molecule has 0 spiro atoms. The van der Waals surface area contributed by atoms with Crippen molar-refractivity contribution in [1.29, 1.82) is 0 Å². The molecule has 2 aromatic carbocycles. The van der Waals surface area contributed by atoms with Crippen molar-refractivity contribution in [3.05, 3.63) is 65.2 Å². The van der Waals surface area contributed by atoms with Crippen LogP contribution in [0.3, 0.4) is 0 Å². The summed E-state index contributed by atoms with van der Waals surface area (Å²) < 4.78 is 32.3. The average Bonchev–Trinajstić information content (AvgIpc) is 2.58. The molecular weight excluding hydrogens is 439 g/mol. The lowest BCUT2D eigenvalue weighted by molar-refractivity contribution is 0.322. The van der Waals surface area contributed by atoms with E-state index in [-0.39, 0.29) is 36.1 Å². The molecule has 0 saturated carbocycles. The third kappa shape index (κ3) is 7.25. The second-order valence-electron chi connectivity index (χ2n) is 5.25. The fraction of sp³-hybridized carbons (Fsp3) is 0.278. The molecule has 0 aliphatic heterocycles. The topological polar surface area (TPSA) is 45.7 Å². The van der Waals surface area contributed by atoms with Gasteiger partial charge >= 0.3 is 0 Å². The molecule has 0 bridgehead atoms. The number of benzene rings is 2. The maximum Gasteiger partial charge on any atom is 0.191 e. The quantitative estimate of drug-likeness (QED) is 0.299. The molecule has 0 amide bonds. The van der Waals surface area contributed by atoms with Gasteiger partial charge < -0.3 is 15.4 Å². The molecule has 7 heteroatoms. The largest absolute Gasteiger partial charge is 0.492 e. The van der Waals surface area contributed by atoms with E-state index in [1.54, 1.807) is 7.05 Å². The van der Waals surface area contributed by atoms with Gasteiger partial charge in [0.05, 0.1) is 6.54 Å². The van der Waals surface area contributed by atoms with Crippen molar-refractivity contribution >= 4 is 29.9 Å². The van der Waals surface area contributed by atoms with Crippen molar-refractivity contribution in [2.75, 3.05) is 20.2 Å². The number of rotatable bonds is 6. The Morgan fingerprint density at radius 3 is 2.48 bits per heavy atom. The molecule has 0 aromatic heterocycles. The summed E-state index contributed by atoms with van der Waals surface area (Å²) in [5, 5.41) is 5.99. The van der Waals surface area contributed by atoms with Crippen molar-refractivity contribution in [1.82, 2.24) is 10.6 Å². The summed E-state index contributed by atoms with van der Waals surface area (Å²) in [5.41, 5.74) is 1.42. The predicted molar refractivity (Wildman–Crippen MR) is 107 cm³/mol. The summed E-state index contributed by atoms with van der Waals surface area (Å²) >= 11 is 0. The monoisotopic (exact) mass is 461 g/mol. The first-order chi connectivity index (χ1) is 11.6. The van der Waals surface area contributed by atoms with E-state index in [0.29, 0.717) is 19.1 Å². The van der Waals surface area contributed by atoms with Gasteiger partial charge in [-0.15, -0.1) is 24.0 Å². The summed E-state index contributed by atoms with van der Waals surface area (Å²) in [4.78, 5) is 4.03. The molecule has 2 N–H and O–H groups in total. The first-order valence-corrected chi connectivity index (χ1v) is 7.66. The van der Waals surface area contributed by atoms with E-state index in [1.807, 2.05) is 31.2 Å². The Hall–Kier alpha value is -1.90. The first-order valence-electron chi connectivity index (χ1n) is 7.66. The zero-order valence-electron chi connectivity index (χ0n) is 14.2. The van der Waals surface area contributed by atoms with Crippen LogP contribution in [0.4, 0.5) is 8.78 Å². The maximum absolute atomic E-state index is 13.6. The van der Waals surface area contributed by atoms with Gasteiger partial charge in [0.1, 0.15) is 24.0 Å². The van der Waals surface area contributed by atoms with Crippen LogP contribution in [0.1, 0.15) is 11.1 Å². The Labute approximate surface area is 163 Å². The molecule has 0 heterocycles. The van der Waals surface area contributed by atoms with E-state index in [4.69, 9.17) is 4.74 Å². The van der Waals surface area contributed by atoms with Crippen LogP contribution >= 0.6 is 24.0 Å². The molecular formula is C18H22F2IN3O. The number of aryl methyl sites for hydroxylation is 1. The zero-order chi connectivity index (χ0) is 17.4. The highest BCUT2D eigenvalue weighted by Gasteiger charge is 2.05. The Bertz CT molecular complexity index is 693. The van der Waals surface area contributed by atoms with Crippen LogP contribution in [0.25, 0.3) is 0 Å². The summed E-state index contributed by atoms with van der Waals surface area (Å²) in [5.74, 6) is 0.364. The molecule has 136 valence electrons. The van der Waals surface area contributed by atoms with Gasteiger partial charge in [0.2, 0.25) is 0 Å². The summed E-state index contributed by atoms with van der Waals surface area (Å²) in [6, 6.07) is 11.2. The van der Waals surface area contributed by atoms with Gasteiger partial charge in [0.15, 0.2) is 5.96 Å². The standard InChI is InChI=1S/C18H21F2N3O.HI/c1-13-3-6-16(7-4-13)24-10-9-22-18(21-2)23-12-14-11-15(19)5-8-17(14)20;/h3-8,11H,9-10,12H2,1-2H3,(H2,21,22,23);1H. The molecule has 2 aromatic rings. The highest BCUT2D eigenvalue weighted by Crippen LogP contribution is 2.11. The fourth-order valence-electron chi connectivity index (χ4n) is 2.05. The van der Waals surface area contributed by atoms with Crippen LogP contribution in [-0.2, 0) is 6.54 Å². The summed E-state index contributed by atoms with van der Waals surface area (Å²) in [6.45, 7) is 3.14. The number of hydrogen-bond donors (Lipinski definition) is 2. The van der Waals surface area contributed by atoms with Crippen LogP contribution < -0.4 is 15.4 Å². The van der Waals surface area contributed by atoms with E-state index < -0.39 is 11.6 Å². The minimum absolute atomic E-state index is 0. The van der Waals surface area contributed by atoms with Crippen LogP contribution in [0.2, 0.25) is 0 Å². The summed E-state index contributed by atoms with van der Waals surface area (Å²) in [6.07, 6.45) is 0. The Kier molecular flexibility index (Phi) is 9.18. The minimum atomic E-state index is -0.470. The minimum Gasteiger partial charge on any atom is -0.492 e. The third-order valence-electron chi connectivity index (χ3n) is 3.36. The van der Waals surface area contributed by atoms with Crippen LogP contribution in [0.5, 0.6) is 5.75 Å². The molecule has 0 saturated heterocycles. The lowest BCUT2D eigenvalue weighted by Crippen LogP contribution is -2.39. The van der Waals surface area contributed by atoms with Gasteiger partial charge in [0.25, 0.3) is 0 Å². The van der Waals surface area contributed by atoms with E-state index in [1.165, 1.54) is 5.56 Å². The molecule has 25 heavy (non-hydrogen) atoms. The molecule has 0 aliphatic rings. The van der Waals surface area contributed by atoms with Crippen molar-refractivity contribution in [2.45, 2.75) is 13.5 Å². The average molecular weight is 461 g/mol. The van der Waals surface area contributed by atoms with E-state index in [9.17, 15) is 8.78 Å². The van der Waals surface area contributed by atoms with Crippen LogP contribution in [0.15, 0.2) is 47.5 Å². The molecule has 0 radical (unpaired) electrons. The molecule has 0 fully saturated rings. The number of halogens is 3.